The summed E-state index contributed by atoms with van der Waals surface area (Å²) in [5.41, 5.74) is 1.04. The van der Waals surface area contributed by atoms with E-state index in [0.29, 0.717) is 23.1 Å². The highest BCUT2D eigenvalue weighted by molar-refractivity contribution is 9.10. The van der Waals surface area contributed by atoms with Gasteiger partial charge in [-0.3, -0.25) is 0 Å². The standard InChI is InChI=1S/C16H14BrCl2N3S/c1-11(7-20-10-23)22(16-5-3-13(17)8-21-16)9-12-2-4-14(18)15(19)6-12/h2-6,8,11H,7,9H2,1H3. The second kappa shape index (κ2) is 8.76. The topological polar surface area (TPSA) is 28.5 Å². The van der Waals surface area contributed by atoms with Crippen LogP contribution in [0.15, 0.2) is 46.0 Å². The van der Waals surface area contributed by atoms with Crippen LogP contribution in [-0.4, -0.2) is 22.7 Å². The summed E-state index contributed by atoms with van der Waals surface area (Å²) in [5, 5.41) is 3.49. The molecule has 2 aromatic rings. The molecule has 0 aliphatic rings. The monoisotopic (exact) mass is 429 g/mol. The Labute approximate surface area is 159 Å². The van der Waals surface area contributed by atoms with E-state index in [4.69, 9.17) is 23.2 Å². The van der Waals surface area contributed by atoms with Crippen molar-refractivity contribution < 1.29 is 0 Å². The molecule has 1 unspecified atom stereocenters. The van der Waals surface area contributed by atoms with Gasteiger partial charge in [-0.15, -0.1) is 0 Å². The Morgan fingerprint density at radius 2 is 2.09 bits per heavy atom. The largest absolute Gasteiger partial charge is 0.348 e. The fourth-order valence-corrected chi connectivity index (χ4v) is 2.73. The van der Waals surface area contributed by atoms with Crippen LogP contribution in [0.5, 0.6) is 0 Å². The number of rotatable bonds is 6. The van der Waals surface area contributed by atoms with Crippen LogP contribution in [0, 0.1) is 0 Å². The summed E-state index contributed by atoms with van der Waals surface area (Å²) in [7, 11) is 0. The fraction of sp³-hybridized carbons (Fsp3) is 0.250. The minimum atomic E-state index is 0.105. The second-order valence-corrected chi connectivity index (χ2v) is 6.90. The van der Waals surface area contributed by atoms with Gasteiger partial charge < -0.3 is 4.90 Å². The molecule has 0 spiro atoms. The van der Waals surface area contributed by atoms with Gasteiger partial charge in [-0.1, -0.05) is 29.3 Å². The van der Waals surface area contributed by atoms with Gasteiger partial charge in [0.25, 0.3) is 0 Å². The van der Waals surface area contributed by atoms with Gasteiger partial charge in [0.05, 0.1) is 21.8 Å². The summed E-state index contributed by atoms with van der Waals surface area (Å²) in [6, 6.07) is 9.64. The summed E-state index contributed by atoms with van der Waals surface area (Å²) in [6.07, 6.45) is 1.77. The number of benzene rings is 1. The number of aromatic nitrogens is 1. The average molecular weight is 431 g/mol. The lowest BCUT2D eigenvalue weighted by Crippen LogP contribution is -2.35. The zero-order chi connectivity index (χ0) is 16.8. The predicted octanol–water partition coefficient (Wildman–Crippen LogP) is 5.65. The molecule has 0 radical (unpaired) electrons. The molecule has 0 saturated heterocycles. The van der Waals surface area contributed by atoms with Gasteiger partial charge in [-0.05, 0) is 64.9 Å². The first kappa shape index (κ1) is 18.4. The van der Waals surface area contributed by atoms with E-state index in [1.807, 2.05) is 24.3 Å². The van der Waals surface area contributed by atoms with Crippen LogP contribution in [0.25, 0.3) is 0 Å². The molecule has 0 saturated carbocycles. The van der Waals surface area contributed by atoms with E-state index in [0.717, 1.165) is 15.9 Å². The molecule has 2 rings (SSSR count). The average Bonchev–Trinajstić information content (AvgIpc) is 2.54. The summed E-state index contributed by atoms with van der Waals surface area (Å²) in [6.45, 7) is 3.25. The number of pyridine rings is 1. The number of aliphatic imine (C=N–C) groups is 1. The number of thiocarbonyl (C=S) groups is 1. The van der Waals surface area contributed by atoms with E-state index in [2.05, 4.69) is 55.1 Å². The zero-order valence-corrected chi connectivity index (χ0v) is 16.3. The van der Waals surface area contributed by atoms with E-state index >= 15 is 0 Å². The first-order valence-electron chi connectivity index (χ1n) is 6.87. The van der Waals surface area contributed by atoms with Gasteiger partial charge in [-0.2, -0.15) is 0 Å². The number of halogens is 3. The number of nitrogens with zero attached hydrogens (tertiary/aromatic N) is 3. The molecule has 1 atom stereocenters. The van der Waals surface area contributed by atoms with E-state index in [9.17, 15) is 0 Å². The van der Waals surface area contributed by atoms with Crippen LogP contribution in [0.1, 0.15) is 12.5 Å². The molecule has 1 aromatic heterocycles. The highest BCUT2D eigenvalue weighted by Gasteiger charge is 2.16. The Kier molecular flexibility index (Phi) is 7.00. The van der Waals surface area contributed by atoms with Crippen molar-refractivity contribution in [3.8, 4) is 0 Å². The van der Waals surface area contributed by atoms with Crippen LogP contribution < -0.4 is 4.90 Å². The molecule has 23 heavy (non-hydrogen) atoms. The van der Waals surface area contributed by atoms with Crippen LogP contribution in [-0.2, 0) is 6.54 Å². The Morgan fingerprint density at radius 1 is 1.30 bits per heavy atom. The third-order valence-electron chi connectivity index (χ3n) is 3.30. The minimum absolute atomic E-state index is 0.105. The molecule has 0 bridgehead atoms. The molecular weight excluding hydrogens is 417 g/mol. The summed E-state index contributed by atoms with van der Waals surface area (Å²) in [4.78, 5) is 10.7. The van der Waals surface area contributed by atoms with Gasteiger partial charge >= 0.3 is 0 Å². The molecule has 0 N–H and O–H groups in total. The quantitative estimate of drug-likeness (QED) is 0.437. The van der Waals surface area contributed by atoms with Crippen LogP contribution in [0.3, 0.4) is 0 Å². The van der Waals surface area contributed by atoms with E-state index in [1.54, 1.807) is 12.3 Å². The molecule has 1 aromatic carbocycles. The van der Waals surface area contributed by atoms with Crippen LogP contribution in [0.2, 0.25) is 10.0 Å². The van der Waals surface area contributed by atoms with E-state index < -0.39 is 0 Å². The van der Waals surface area contributed by atoms with Crippen molar-refractivity contribution >= 4 is 62.3 Å². The van der Waals surface area contributed by atoms with Gasteiger partial charge in [0.1, 0.15) is 5.82 Å². The molecule has 7 heteroatoms. The first-order valence-corrected chi connectivity index (χ1v) is 8.82. The Bertz CT molecular complexity index is 718. The number of isothiocyanates is 1. The third-order valence-corrected chi connectivity index (χ3v) is 4.63. The SMILES string of the molecule is CC(CN=C=S)N(Cc1ccc(Cl)c(Cl)c1)c1ccc(Br)cn1. The Morgan fingerprint density at radius 3 is 2.70 bits per heavy atom. The van der Waals surface area contributed by atoms with E-state index in [1.165, 1.54) is 0 Å². The van der Waals surface area contributed by atoms with Crippen LogP contribution >= 0.6 is 51.3 Å². The number of anilines is 1. The van der Waals surface area contributed by atoms with Crippen molar-refractivity contribution in [1.29, 1.82) is 0 Å². The van der Waals surface area contributed by atoms with Crippen molar-refractivity contribution in [3.63, 3.8) is 0 Å². The third kappa shape index (κ3) is 5.27. The molecule has 0 fully saturated rings. The lowest BCUT2D eigenvalue weighted by Gasteiger charge is -2.29. The molecule has 3 nitrogen and oxygen atoms in total. The van der Waals surface area contributed by atoms with Gasteiger partial charge in [0, 0.05) is 23.3 Å². The summed E-state index contributed by atoms with van der Waals surface area (Å²) >= 11 is 20.2. The van der Waals surface area contributed by atoms with Crippen molar-refractivity contribution in [1.82, 2.24) is 4.98 Å². The van der Waals surface area contributed by atoms with E-state index in [-0.39, 0.29) is 6.04 Å². The first-order chi connectivity index (χ1) is 11.0. The normalized spacial score (nSPS) is 11.7. The van der Waals surface area contributed by atoms with Crippen molar-refractivity contribution in [2.75, 3.05) is 11.4 Å². The Hall–Kier alpha value is -0.970. The summed E-state index contributed by atoms with van der Waals surface area (Å²) in [5.74, 6) is 0.853. The second-order valence-electron chi connectivity index (χ2n) is 4.99. The molecule has 0 aliphatic carbocycles. The van der Waals surface area contributed by atoms with Crippen molar-refractivity contribution in [3.05, 3.63) is 56.6 Å². The Balaban J connectivity index is 2.30. The van der Waals surface area contributed by atoms with Gasteiger partial charge in [-0.25, -0.2) is 9.98 Å². The van der Waals surface area contributed by atoms with Crippen molar-refractivity contribution in [2.45, 2.75) is 19.5 Å². The molecular formula is C16H14BrCl2N3S. The van der Waals surface area contributed by atoms with Crippen LogP contribution in [0.4, 0.5) is 5.82 Å². The number of hydrogen-bond acceptors (Lipinski definition) is 4. The minimum Gasteiger partial charge on any atom is -0.348 e. The summed E-state index contributed by atoms with van der Waals surface area (Å²) < 4.78 is 0.931. The smallest absolute Gasteiger partial charge is 0.129 e. The van der Waals surface area contributed by atoms with Gasteiger partial charge in [0.2, 0.25) is 0 Å². The zero-order valence-electron chi connectivity index (χ0n) is 12.3. The maximum Gasteiger partial charge on any atom is 0.129 e. The lowest BCUT2D eigenvalue weighted by molar-refractivity contribution is 0.635. The van der Waals surface area contributed by atoms with Gasteiger partial charge in [0.15, 0.2) is 0 Å². The maximum atomic E-state index is 6.11. The highest BCUT2D eigenvalue weighted by atomic mass is 79.9. The lowest BCUT2D eigenvalue weighted by atomic mass is 10.1. The molecule has 0 amide bonds. The molecule has 120 valence electrons. The highest BCUT2D eigenvalue weighted by Crippen LogP contribution is 2.25. The predicted molar refractivity (Wildman–Crippen MR) is 104 cm³/mol. The molecule has 0 aliphatic heterocycles. The fourth-order valence-electron chi connectivity index (χ4n) is 2.10. The van der Waals surface area contributed by atoms with Crippen molar-refractivity contribution in [2.24, 2.45) is 4.99 Å². The molecule has 1 heterocycles. The maximum absolute atomic E-state index is 6.11. The number of hydrogen-bond donors (Lipinski definition) is 0.